The minimum Gasteiger partial charge on any atom is -0.494 e. The van der Waals surface area contributed by atoms with Gasteiger partial charge in [-0.25, -0.2) is 0 Å². The zero-order valence-corrected chi connectivity index (χ0v) is 22.6. The molecule has 2 heterocycles. The van der Waals surface area contributed by atoms with Gasteiger partial charge in [0.25, 0.3) is 0 Å². The summed E-state index contributed by atoms with van der Waals surface area (Å²) in [7, 11) is 0. The third-order valence-electron chi connectivity index (χ3n) is 6.44. The standard InChI is InChI=1S/C30H44OS2/c1-3-5-7-9-10-11-12-13-14-16-22-31-26-20-18-25(19-21-26)28-24-30-29(33-28)23-27(32-30)17-15-8-6-4-2/h18-21,23-24H,3-17,22H2,1-2H3. The van der Waals surface area contributed by atoms with Crippen LogP contribution < -0.4 is 4.74 Å². The summed E-state index contributed by atoms with van der Waals surface area (Å²) in [6.07, 6.45) is 20.2. The van der Waals surface area contributed by atoms with Gasteiger partial charge in [0.2, 0.25) is 0 Å². The SMILES string of the molecule is CCCCCCCCCCCCOc1ccc(-c2cc3sc(CCCCCC)cc3s2)cc1. The van der Waals surface area contributed by atoms with Gasteiger partial charge in [-0.15, -0.1) is 22.7 Å². The van der Waals surface area contributed by atoms with Gasteiger partial charge in [-0.2, -0.15) is 0 Å². The zero-order chi connectivity index (χ0) is 23.1. The number of aryl methyl sites for hydroxylation is 1. The van der Waals surface area contributed by atoms with Gasteiger partial charge in [0.1, 0.15) is 5.75 Å². The molecule has 0 N–H and O–H groups in total. The van der Waals surface area contributed by atoms with E-state index in [2.05, 4.69) is 50.2 Å². The molecule has 0 unspecified atom stereocenters. The molecule has 0 amide bonds. The van der Waals surface area contributed by atoms with Gasteiger partial charge in [-0.1, -0.05) is 90.9 Å². The highest BCUT2D eigenvalue weighted by Gasteiger charge is 2.09. The summed E-state index contributed by atoms with van der Waals surface area (Å²) in [5.74, 6) is 1.00. The van der Waals surface area contributed by atoms with E-state index in [0.29, 0.717) is 0 Å². The Morgan fingerprint density at radius 2 is 1.18 bits per heavy atom. The van der Waals surface area contributed by atoms with Crippen molar-refractivity contribution in [1.29, 1.82) is 0 Å². The van der Waals surface area contributed by atoms with Crippen molar-refractivity contribution in [3.05, 3.63) is 41.3 Å². The first-order chi connectivity index (χ1) is 16.3. The molecule has 0 aliphatic carbocycles. The topological polar surface area (TPSA) is 9.23 Å². The van der Waals surface area contributed by atoms with E-state index in [1.54, 1.807) is 4.88 Å². The average Bonchev–Trinajstić information content (AvgIpc) is 3.40. The highest BCUT2D eigenvalue weighted by Crippen LogP contribution is 2.39. The van der Waals surface area contributed by atoms with E-state index in [1.807, 2.05) is 22.7 Å². The summed E-state index contributed by atoms with van der Waals surface area (Å²) in [6.45, 7) is 5.40. The molecule has 0 saturated heterocycles. The maximum atomic E-state index is 5.99. The number of benzene rings is 1. The number of hydrogen-bond donors (Lipinski definition) is 0. The second kappa shape index (κ2) is 15.6. The van der Waals surface area contributed by atoms with Crippen LogP contribution in [0.5, 0.6) is 5.75 Å². The van der Waals surface area contributed by atoms with Gasteiger partial charge in [-0.3, -0.25) is 0 Å². The molecule has 0 saturated carbocycles. The van der Waals surface area contributed by atoms with Crippen LogP contribution in [0.1, 0.15) is 109 Å². The molecule has 3 rings (SSSR count). The summed E-state index contributed by atoms with van der Waals surface area (Å²) >= 11 is 3.91. The molecule has 1 aromatic carbocycles. The van der Waals surface area contributed by atoms with Gasteiger partial charge < -0.3 is 4.74 Å². The molecule has 33 heavy (non-hydrogen) atoms. The Morgan fingerprint density at radius 3 is 1.82 bits per heavy atom. The molecule has 3 aromatic rings. The Balaban J connectivity index is 1.32. The molecule has 0 aliphatic rings. The number of rotatable bonds is 18. The van der Waals surface area contributed by atoms with Crippen molar-refractivity contribution >= 4 is 32.1 Å². The summed E-state index contributed by atoms with van der Waals surface area (Å²) < 4.78 is 8.88. The maximum Gasteiger partial charge on any atom is 0.119 e. The number of thiophene rings is 2. The Labute approximate surface area is 210 Å². The van der Waals surface area contributed by atoms with Crippen LogP contribution in [-0.2, 0) is 6.42 Å². The van der Waals surface area contributed by atoms with Crippen LogP contribution >= 0.6 is 22.7 Å². The number of fused-ring (bicyclic) bond motifs is 1. The van der Waals surface area contributed by atoms with E-state index in [9.17, 15) is 0 Å². The Kier molecular flexibility index (Phi) is 12.4. The molecule has 0 atom stereocenters. The number of unbranched alkanes of at least 4 members (excludes halogenated alkanes) is 12. The lowest BCUT2D eigenvalue weighted by molar-refractivity contribution is 0.304. The quantitative estimate of drug-likeness (QED) is 0.163. The van der Waals surface area contributed by atoms with Crippen LogP contribution in [0.3, 0.4) is 0 Å². The molecule has 0 spiro atoms. The van der Waals surface area contributed by atoms with Crippen molar-refractivity contribution in [2.75, 3.05) is 6.61 Å². The van der Waals surface area contributed by atoms with E-state index in [-0.39, 0.29) is 0 Å². The zero-order valence-electron chi connectivity index (χ0n) is 21.0. The molecule has 0 radical (unpaired) electrons. The maximum absolute atomic E-state index is 5.99. The van der Waals surface area contributed by atoms with Crippen molar-refractivity contribution in [3.63, 3.8) is 0 Å². The summed E-state index contributed by atoms with van der Waals surface area (Å²) in [5.41, 5.74) is 1.30. The molecule has 3 heteroatoms. The van der Waals surface area contributed by atoms with Gasteiger partial charge >= 0.3 is 0 Å². The highest BCUT2D eigenvalue weighted by atomic mass is 32.1. The Hall–Kier alpha value is -1.32. The van der Waals surface area contributed by atoms with Gasteiger partial charge in [-0.05, 0) is 61.2 Å². The van der Waals surface area contributed by atoms with Crippen LogP contribution in [0.4, 0.5) is 0 Å². The second-order valence-electron chi connectivity index (χ2n) is 9.42. The van der Waals surface area contributed by atoms with Crippen molar-refractivity contribution in [2.24, 2.45) is 0 Å². The summed E-state index contributed by atoms with van der Waals surface area (Å²) in [6, 6.07) is 13.5. The van der Waals surface area contributed by atoms with Crippen LogP contribution in [0.2, 0.25) is 0 Å². The molecule has 0 aliphatic heterocycles. The third kappa shape index (κ3) is 9.45. The van der Waals surface area contributed by atoms with Crippen LogP contribution in [0.25, 0.3) is 19.8 Å². The predicted octanol–water partition coefficient (Wildman–Crippen LogP) is 11.1. The number of ether oxygens (including phenoxy) is 1. The monoisotopic (exact) mass is 484 g/mol. The fourth-order valence-electron chi connectivity index (χ4n) is 4.37. The minimum atomic E-state index is 0.839. The molecule has 0 fully saturated rings. The molecular formula is C30H44OS2. The Bertz CT molecular complexity index is 858. The number of hydrogen-bond acceptors (Lipinski definition) is 3. The van der Waals surface area contributed by atoms with Gasteiger partial charge in [0.05, 0.1) is 6.61 Å². The first-order valence-corrected chi connectivity index (χ1v) is 15.2. The van der Waals surface area contributed by atoms with Crippen LogP contribution in [-0.4, -0.2) is 6.61 Å². The van der Waals surface area contributed by atoms with Gasteiger partial charge in [0, 0.05) is 19.2 Å². The largest absolute Gasteiger partial charge is 0.494 e. The average molecular weight is 485 g/mol. The van der Waals surface area contributed by atoms with Crippen molar-refractivity contribution in [3.8, 4) is 16.2 Å². The van der Waals surface area contributed by atoms with E-state index in [1.165, 1.54) is 116 Å². The first-order valence-electron chi connectivity index (χ1n) is 13.6. The van der Waals surface area contributed by atoms with Gasteiger partial charge in [0.15, 0.2) is 0 Å². The minimum absolute atomic E-state index is 0.839. The van der Waals surface area contributed by atoms with Crippen molar-refractivity contribution in [1.82, 2.24) is 0 Å². The molecule has 2 aromatic heterocycles. The lowest BCUT2D eigenvalue weighted by atomic mass is 10.1. The normalized spacial score (nSPS) is 11.5. The smallest absolute Gasteiger partial charge is 0.119 e. The molecule has 1 nitrogen and oxygen atoms in total. The van der Waals surface area contributed by atoms with Crippen molar-refractivity contribution in [2.45, 2.75) is 110 Å². The molecule has 0 bridgehead atoms. The fourth-order valence-corrected chi connectivity index (χ4v) is 6.84. The van der Waals surface area contributed by atoms with E-state index in [4.69, 9.17) is 4.74 Å². The van der Waals surface area contributed by atoms with E-state index >= 15 is 0 Å². The second-order valence-corrected chi connectivity index (χ2v) is 11.7. The van der Waals surface area contributed by atoms with Crippen LogP contribution in [0, 0.1) is 0 Å². The highest BCUT2D eigenvalue weighted by molar-refractivity contribution is 7.29. The third-order valence-corrected chi connectivity index (χ3v) is 8.84. The lowest BCUT2D eigenvalue weighted by Crippen LogP contribution is -1.97. The fraction of sp³-hybridized carbons (Fsp3) is 0.600. The predicted molar refractivity (Wildman–Crippen MR) is 150 cm³/mol. The summed E-state index contributed by atoms with van der Waals surface area (Å²) in [4.78, 5) is 2.92. The van der Waals surface area contributed by atoms with Crippen LogP contribution in [0.15, 0.2) is 36.4 Å². The molecular weight excluding hydrogens is 440 g/mol. The summed E-state index contributed by atoms with van der Waals surface area (Å²) in [5, 5.41) is 0. The molecule has 182 valence electrons. The van der Waals surface area contributed by atoms with E-state index < -0.39 is 0 Å². The van der Waals surface area contributed by atoms with E-state index in [0.717, 1.165) is 12.4 Å². The first kappa shape index (κ1) is 26.3. The van der Waals surface area contributed by atoms with Crippen molar-refractivity contribution < 1.29 is 4.74 Å². The lowest BCUT2D eigenvalue weighted by Gasteiger charge is -2.07. The Morgan fingerprint density at radius 1 is 0.606 bits per heavy atom.